The average molecular weight is 282 g/mol. The molecule has 0 aliphatic heterocycles. The summed E-state index contributed by atoms with van der Waals surface area (Å²) in [5, 5.41) is 0. The van der Waals surface area contributed by atoms with Crippen molar-refractivity contribution in [2.24, 2.45) is 5.84 Å². The summed E-state index contributed by atoms with van der Waals surface area (Å²) in [7, 11) is 0. The number of anilines is 1. The molecule has 0 aromatic carbocycles. The van der Waals surface area contributed by atoms with Gasteiger partial charge in [0.1, 0.15) is 11.9 Å². The van der Waals surface area contributed by atoms with Crippen molar-refractivity contribution in [1.82, 2.24) is 9.97 Å². The minimum absolute atomic E-state index is 0.0815. The number of ether oxygens (including phenoxy) is 2. The first-order valence-electron chi connectivity index (χ1n) is 6.89. The van der Waals surface area contributed by atoms with E-state index in [0.717, 1.165) is 5.56 Å². The number of nitrogen functional groups attached to an aromatic ring is 1. The summed E-state index contributed by atoms with van der Waals surface area (Å²) in [6, 6.07) is 0. The molecule has 0 saturated carbocycles. The molecule has 0 fully saturated rings. The topological polar surface area (TPSA) is 82.3 Å². The number of rotatable bonds is 6. The fourth-order valence-corrected chi connectivity index (χ4v) is 1.60. The van der Waals surface area contributed by atoms with Gasteiger partial charge >= 0.3 is 0 Å². The van der Waals surface area contributed by atoms with Crippen molar-refractivity contribution in [2.75, 3.05) is 18.6 Å². The molecule has 0 aliphatic rings. The number of hydrazine groups is 1. The largest absolute Gasteiger partial charge is 0.472 e. The monoisotopic (exact) mass is 282 g/mol. The van der Waals surface area contributed by atoms with Crippen LogP contribution in [0.3, 0.4) is 0 Å². The summed E-state index contributed by atoms with van der Waals surface area (Å²) in [4.78, 5) is 8.95. The lowest BCUT2D eigenvalue weighted by Crippen LogP contribution is -2.24. The molecule has 1 aromatic heterocycles. The summed E-state index contributed by atoms with van der Waals surface area (Å²) in [5.41, 5.74) is 3.22. The first-order valence-corrected chi connectivity index (χ1v) is 6.89. The Morgan fingerprint density at radius 3 is 2.45 bits per heavy atom. The minimum atomic E-state index is -0.180. The second kappa shape index (κ2) is 6.85. The number of nitrogens with one attached hydrogen (secondary N) is 1. The third-order valence-corrected chi connectivity index (χ3v) is 2.78. The van der Waals surface area contributed by atoms with Crippen LogP contribution in [0.1, 0.15) is 46.0 Å². The molecule has 6 heteroatoms. The van der Waals surface area contributed by atoms with Crippen molar-refractivity contribution in [1.29, 1.82) is 0 Å². The molecule has 114 valence electrons. The molecule has 1 atom stereocenters. The summed E-state index contributed by atoms with van der Waals surface area (Å²) < 4.78 is 11.2. The molecular formula is C14H26N4O2. The van der Waals surface area contributed by atoms with Crippen molar-refractivity contribution >= 4 is 5.82 Å². The van der Waals surface area contributed by atoms with E-state index < -0.39 is 0 Å². The van der Waals surface area contributed by atoms with E-state index in [9.17, 15) is 0 Å². The van der Waals surface area contributed by atoms with Crippen LogP contribution in [0.15, 0.2) is 0 Å². The second-order valence-electron chi connectivity index (χ2n) is 5.81. The lowest BCUT2D eigenvalue weighted by Gasteiger charge is -2.22. The number of hydrogen-bond acceptors (Lipinski definition) is 6. The highest BCUT2D eigenvalue weighted by Gasteiger charge is 2.22. The number of nitrogens with two attached hydrogens (primary N) is 1. The van der Waals surface area contributed by atoms with Crippen LogP contribution in [0.2, 0.25) is 0 Å². The van der Waals surface area contributed by atoms with Crippen molar-refractivity contribution in [3.63, 3.8) is 0 Å². The van der Waals surface area contributed by atoms with Crippen LogP contribution in [-0.4, -0.2) is 29.3 Å². The fraction of sp³-hybridized carbons (Fsp3) is 0.714. The zero-order valence-electron chi connectivity index (χ0n) is 13.3. The molecule has 3 N–H and O–H groups in total. The molecule has 1 aromatic rings. The van der Waals surface area contributed by atoms with Crippen LogP contribution >= 0.6 is 0 Å². The molecule has 0 aliphatic carbocycles. The van der Waals surface area contributed by atoms with Gasteiger partial charge in [-0.1, -0.05) is 20.8 Å². The molecule has 0 amide bonds. The van der Waals surface area contributed by atoms with Gasteiger partial charge in [0, 0.05) is 12.0 Å². The molecule has 6 nitrogen and oxygen atoms in total. The Balaban J connectivity index is 3.05. The van der Waals surface area contributed by atoms with Gasteiger partial charge < -0.3 is 14.9 Å². The van der Waals surface area contributed by atoms with Gasteiger partial charge in [-0.15, -0.1) is 0 Å². The van der Waals surface area contributed by atoms with Gasteiger partial charge in [0.05, 0.1) is 12.2 Å². The minimum Gasteiger partial charge on any atom is -0.472 e. The number of hydrogen-bond donors (Lipinski definition) is 2. The zero-order chi connectivity index (χ0) is 15.3. The van der Waals surface area contributed by atoms with Crippen molar-refractivity contribution in [3.05, 3.63) is 11.4 Å². The van der Waals surface area contributed by atoms with Crippen LogP contribution in [0.5, 0.6) is 5.88 Å². The standard InChI is InChI=1S/C14H26N4O2/c1-7-19-8-9(2)20-12-10(3)11(18-15)16-13(17-12)14(4,5)6/h9H,7-8,15H2,1-6H3,(H,16,17,18). The van der Waals surface area contributed by atoms with Crippen molar-refractivity contribution in [2.45, 2.75) is 53.1 Å². The van der Waals surface area contributed by atoms with E-state index >= 15 is 0 Å². The van der Waals surface area contributed by atoms with Crippen LogP contribution in [0.25, 0.3) is 0 Å². The van der Waals surface area contributed by atoms with E-state index in [2.05, 4.69) is 15.4 Å². The zero-order valence-corrected chi connectivity index (χ0v) is 13.3. The fourth-order valence-electron chi connectivity index (χ4n) is 1.60. The number of nitrogens with zero attached hydrogens (tertiary/aromatic N) is 2. The van der Waals surface area contributed by atoms with Gasteiger partial charge in [0.25, 0.3) is 0 Å². The average Bonchev–Trinajstić information content (AvgIpc) is 2.37. The molecule has 0 saturated heterocycles. The first-order chi connectivity index (χ1) is 9.29. The van der Waals surface area contributed by atoms with Crippen molar-refractivity contribution < 1.29 is 9.47 Å². The lowest BCUT2D eigenvalue weighted by atomic mass is 9.95. The van der Waals surface area contributed by atoms with Crippen LogP contribution in [0, 0.1) is 6.92 Å². The molecule has 20 heavy (non-hydrogen) atoms. The first kappa shape index (κ1) is 16.7. The smallest absolute Gasteiger partial charge is 0.222 e. The molecule has 0 radical (unpaired) electrons. The highest BCUT2D eigenvalue weighted by atomic mass is 16.5. The third kappa shape index (κ3) is 4.31. The molecule has 0 spiro atoms. The summed E-state index contributed by atoms with van der Waals surface area (Å²) in [6.45, 7) is 13.1. The third-order valence-electron chi connectivity index (χ3n) is 2.78. The summed E-state index contributed by atoms with van der Waals surface area (Å²) in [5.74, 6) is 7.34. The van der Waals surface area contributed by atoms with Gasteiger partial charge in [-0.25, -0.2) is 10.8 Å². The van der Waals surface area contributed by atoms with Gasteiger partial charge in [0.15, 0.2) is 5.82 Å². The quantitative estimate of drug-likeness (QED) is 0.614. The Hall–Kier alpha value is -1.40. The Bertz CT molecular complexity index is 444. The van der Waals surface area contributed by atoms with E-state index in [4.69, 9.17) is 15.3 Å². The number of aromatic nitrogens is 2. The van der Waals surface area contributed by atoms with Gasteiger partial charge in [-0.3, -0.25) is 0 Å². The normalized spacial score (nSPS) is 13.2. The van der Waals surface area contributed by atoms with E-state index in [0.29, 0.717) is 30.7 Å². The molecular weight excluding hydrogens is 256 g/mol. The van der Waals surface area contributed by atoms with Gasteiger partial charge in [-0.05, 0) is 20.8 Å². The Morgan fingerprint density at radius 1 is 1.30 bits per heavy atom. The van der Waals surface area contributed by atoms with Gasteiger partial charge in [0.2, 0.25) is 5.88 Å². The summed E-state index contributed by atoms with van der Waals surface area (Å²) in [6.07, 6.45) is -0.0815. The predicted molar refractivity (Wildman–Crippen MR) is 79.9 cm³/mol. The lowest BCUT2D eigenvalue weighted by molar-refractivity contribution is 0.0627. The molecule has 1 rings (SSSR count). The van der Waals surface area contributed by atoms with E-state index in [1.807, 2.05) is 41.5 Å². The van der Waals surface area contributed by atoms with E-state index in [1.165, 1.54) is 0 Å². The SMILES string of the molecule is CCOCC(C)Oc1nc(C(C)(C)C)nc(NN)c1C. The van der Waals surface area contributed by atoms with E-state index in [1.54, 1.807) is 0 Å². The molecule has 1 unspecified atom stereocenters. The highest BCUT2D eigenvalue weighted by Crippen LogP contribution is 2.27. The second-order valence-corrected chi connectivity index (χ2v) is 5.81. The summed E-state index contributed by atoms with van der Waals surface area (Å²) >= 11 is 0. The van der Waals surface area contributed by atoms with Crippen molar-refractivity contribution in [3.8, 4) is 5.88 Å². The van der Waals surface area contributed by atoms with E-state index in [-0.39, 0.29) is 11.5 Å². The maximum absolute atomic E-state index is 5.85. The predicted octanol–water partition coefficient (Wildman–Crippen LogP) is 2.17. The Kier molecular flexibility index (Phi) is 5.71. The van der Waals surface area contributed by atoms with Crippen LogP contribution < -0.4 is 16.0 Å². The van der Waals surface area contributed by atoms with Crippen LogP contribution in [0.4, 0.5) is 5.82 Å². The maximum atomic E-state index is 5.85. The Labute approximate surface area is 121 Å². The molecule has 1 heterocycles. The Morgan fingerprint density at radius 2 is 1.95 bits per heavy atom. The van der Waals surface area contributed by atoms with Gasteiger partial charge in [-0.2, -0.15) is 4.98 Å². The molecule has 0 bridgehead atoms. The maximum Gasteiger partial charge on any atom is 0.222 e. The highest BCUT2D eigenvalue weighted by molar-refractivity contribution is 5.48. The van der Waals surface area contributed by atoms with Crippen LogP contribution in [-0.2, 0) is 10.2 Å².